The summed E-state index contributed by atoms with van der Waals surface area (Å²) in [5, 5.41) is 6.61. The molecule has 1 aromatic carbocycles. The fraction of sp³-hybridized carbons (Fsp3) is 0.412. The molecule has 0 fully saturated rings. The van der Waals surface area contributed by atoms with E-state index in [1.54, 1.807) is 7.05 Å². The number of nitrogens with zero attached hydrogens (tertiary/aromatic N) is 2. The summed E-state index contributed by atoms with van der Waals surface area (Å²) in [6, 6.07) is 10.2. The van der Waals surface area contributed by atoms with Crippen molar-refractivity contribution < 1.29 is 0 Å². The van der Waals surface area contributed by atoms with E-state index in [0.29, 0.717) is 6.54 Å². The van der Waals surface area contributed by atoms with Crippen molar-refractivity contribution >= 4 is 41.7 Å². The molecule has 0 amide bonds. The molecule has 24 heavy (non-hydrogen) atoms. The Bertz CT molecular complexity index is 600. The standard InChI is InChI=1S/C17H25N5S.HI/c1-18-17(19-10-6-7-11-23-2)21-13-16-20-12-15(22-16)14-8-4-3-5-9-14;/h3-5,8-9,12H,6-7,10-11,13H2,1-2H3,(H,20,22)(H2,18,19,21);1H. The first-order chi connectivity index (χ1) is 11.3. The average Bonchev–Trinajstić information content (AvgIpc) is 3.07. The Labute approximate surface area is 165 Å². The van der Waals surface area contributed by atoms with Gasteiger partial charge in [-0.2, -0.15) is 11.8 Å². The van der Waals surface area contributed by atoms with E-state index in [2.05, 4.69) is 44.0 Å². The molecule has 2 rings (SSSR count). The van der Waals surface area contributed by atoms with Crippen molar-refractivity contribution in [3.63, 3.8) is 0 Å². The lowest BCUT2D eigenvalue weighted by Gasteiger charge is -2.10. The Morgan fingerprint density at radius 3 is 2.71 bits per heavy atom. The van der Waals surface area contributed by atoms with Gasteiger partial charge in [0.2, 0.25) is 0 Å². The van der Waals surface area contributed by atoms with E-state index in [1.807, 2.05) is 36.2 Å². The lowest BCUT2D eigenvalue weighted by molar-refractivity contribution is 0.726. The van der Waals surface area contributed by atoms with Crippen molar-refractivity contribution in [3.8, 4) is 11.3 Å². The number of imidazole rings is 1. The lowest BCUT2D eigenvalue weighted by Crippen LogP contribution is -2.37. The fourth-order valence-electron chi connectivity index (χ4n) is 2.18. The normalized spacial score (nSPS) is 11.0. The van der Waals surface area contributed by atoms with Crippen LogP contribution in [0.3, 0.4) is 0 Å². The van der Waals surface area contributed by atoms with Crippen LogP contribution in [-0.2, 0) is 6.54 Å². The predicted octanol–water partition coefficient (Wildman–Crippen LogP) is 3.50. The average molecular weight is 459 g/mol. The first kappa shape index (κ1) is 20.8. The summed E-state index contributed by atoms with van der Waals surface area (Å²) >= 11 is 1.89. The van der Waals surface area contributed by atoms with E-state index < -0.39 is 0 Å². The topological polar surface area (TPSA) is 65.1 Å². The fourth-order valence-corrected chi connectivity index (χ4v) is 2.68. The lowest BCUT2D eigenvalue weighted by atomic mass is 10.2. The summed E-state index contributed by atoms with van der Waals surface area (Å²) in [4.78, 5) is 12.0. The monoisotopic (exact) mass is 459 g/mol. The van der Waals surface area contributed by atoms with Gasteiger partial charge < -0.3 is 15.6 Å². The molecule has 1 aromatic heterocycles. The molecule has 3 N–H and O–H groups in total. The zero-order valence-corrected chi connectivity index (χ0v) is 17.4. The molecular weight excluding hydrogens is 433 g/mol. The number of guanidine groups is 1. The molecule has 1 heterocycles. The van der Waals surface area contributed by atoms with Gasteiger partial charge in [0, 0.05) is 13.6 Å². The van der Waals surface area contributed by atoms with Crippen LogP contribution >= 0.6 is 35.7 Å². The van der Waals surface area contributed by atoms with E-state index in [1.165, 1.54) is 12.2 Å². The largest absolute Gasteiger partial charge is 0.356 e. The molecule has 5 nitrogen and oxygen atoms in total. The number of hydrogen-bond donors (Lipinski definition) is 3. The Hall–Kier alpha value is -1.22. The first-order valence-corrected chi connectivity index (χ1v) is 9.25. The number of halogens is 1. The van der Waals surface area contributed by atoms with Crippen molar-refractivity contribution in [2.24, 2.45) is 4.99 Å². The molecule has 7 heteroatoms. The van der Waals surface area contributed by atoms with Crippen LogP contribution in [0.5, 0.6) is 0 Å². The molecule has 0 saturated heterocycles. The van der Waals surface area contributed by atoms with E-state index in [0.717, 1.165) is 36.0 Å². The summed E-state index contributed by atoms with van der Waals surface area (Å²) in [7, 11) is 1.79. The summed E-state index contributed by atoms with van der Waals surface area (Å²) in [5.74, 6) is 2.92. The van der Waals surface area contributed by atoms with Gasteiger partial charge >= 0.3 is 0 Å². The van der Waals surface area contributed by atoms with Crippen LogP contribution < -0.4 is 10.6 Å². The second kappa shape index (κ2) is 12.2. The van der Waals surface area contributed by atoms with Gasteiger partial charge in [0.05, 0.1) is 18.4 Å². The van der Waals surface area contributed by atoms with Gasteiger partial charge in [-0.1, -0.05) is 30.3 Å². The van der Waals surface area contributed by atoms with Crippen LogP contribution in [0.25, 0.3) is 11.3 Å². The number of benzene rings is 1. The summed E-state index contributed by atoms with van der Waals surface area (Å²) in [5.41, 5.74) is 2.17. The van der Waals surface area contributed by atoms with Gasteiger partial charge in [0.25, 0.3) is 0 Å². The van der Waals surface area contributed by atoms with Gasteiger partial charge in [0.1, 0.15) is 5.82 Å². The van der Waals surface area contributed by atoms with E-state index >= 15 is 0 Å². The highest BCUT2D eigenvalue weighted by atomic mass is 127. The zero-order chi connectivity index (χ0) is 16.3. The van der Waals surface area contributed by atoms with Crippen molar-refractivity contribution in [2.75, 3.05) is 25.6 Å². The number of H-pyrrole nitrogens is 1. The molecule has 2 aromatic rings. The molecule has 0 unspecified atom stereocenters. The summed E-state index contributed by atoms with van der Waals surface area (Å²) in [6.45, 7) is 1.56. The van der Waals surface area contributed by atoms with Crippen LogP contribution in [0, 0.1) is 0 Å². The number of aromatic nitrogens is 2. The van der Waals surface area contributed by atoms with Gasteiger partial charge in [0.15, 0.2) is 5.96 Å². The maximum Gasteiger partial charge on any atom is 0.191 e. The molecule has 132 valence electrons. The molecule has 0 radical (unpaired) electrons. The number of aromatic amines is 1. The summed E-state index contributed by atoms with van der Waals surface area (Å²) < 4.78 is 0. The molecule has 0 atom stereocenters. The van der Waals surface area contributed by atoms with E-state index in [-0.39, 0.29) is 24.0 Å². The first-order valence-electron chi connectivity index (χ1n) is 7.86. The van der Waals surface area contributed by atoms with Crippen molar-refractivity contribution in [2.45, 2.75) is 19.4 Å². The number of thioether (sulfide) groups is 1. The Balaban J connectivity index is 0.00000288. The van der Waals surface area contributed by atoms with Crippen molar-refractivity contribution in [1.82, 2.24) is 20.6 Å². The second-order valence-electron chi connectivity index (χ2n) is 5.16. The molecule has 0 spiro atoms. The van der Waals surface area contributed by atoms with Gasteiger partial charge in [-0.05, 0) is 30.4 Å². The number of rotatable bonds is 8. The number of nitrogens with one attached hydrogen (secondary N) is 3. The molecular formula is C17H26IN5S. The zero-order valence-electron chi connectivity index (χ0n) is 14.2. The highest BCUT2D eigenvalue weighted by molar-refractivity contribution is 14.0. The number of aliphatic imine (C=N–C) groups is 1. The van der Waals surface area contributed by atoms with Crippen LogP contribution in [0.2, 0.25) is 0 Å². The van der Waals surface area contributed by atoms with E-state index in [4.69, 9.17) is 0 Å². The highest BCUT2D eigenvalue weighted by Gasteiger charge is 2.04. The van der Waals surface area contributed by atoms with Gasteiger partial charge in [-0.3, -0.25) is 4.99 Å². The molecule has 0 saturated carbocycles. The minimum absolute atomic E-state index is 0. The smallest absolute Gasteiger partial charge is 0.191 e. The Kier molecular flexibility index (Phi) is 10.6. The SMILES string of the molecule is CN=C(NCCCCSC)NCc1ncc(-c2ccccc2)[nH]1.I. The minimum atomic E-state index is 0. The molecule has 0 aliphatic carbocycles. The number of hydrogen-bond acceptors (Lipinski definition) is 3. The second-order valence-corrected chi connectivity index (χ2v) is 6.15. The third-order valence-electron chi connectivity index (χ3n) is 3.43. The molecule has 0 aliphatic heterocycles. The van der Waals surface area contributed by atoms with Gasteiger partial charge in [-0.25, -0.2) is 4.98 Å². The maximum atomic E-state index is 4.42. The van der Waals surface area contributed by atoms with Crippen molar-refractivity contribution in [3.05, 3.63) is 42.4 Å². The predicted molar refractivity (Wildman–Crippen MR) is 115 cm³/mol. The van der Waals surface area contributed by atoms with Crippen LogP contribution in [0.15, 0.2) is 41.5 Å². The Morgan fingerprint density at radius 1 is 1.21 bits per heavy atom. The van der Waals surface area contributed by atoms with Crippen LogP contribution in [0.1, 0.15) is 18.7 Å². The number of unbranched alkanes of at least 4 members (excludes halogenated alkanes) is 1. The third kappa shape index (κ3) is 7.12. The van der Waals surface area contributed by atoms with Gasteiger partial charge in [-0.15, -0.1) is 24.0 Å². The van der Waals surface area contributed by atoms with Crippen LogP contribution in [-0.4, -0.2) is 41.5 Å². The molecule has 0 aliphatic rings. The minimum Gasteiger partial charge on any atom is -0.356 e. The molecule has 0 bridgehead atoms. The quantitative estimate of drug-likeness (QED) is 0.245. The maximum absolute atomic E-state index is 4.42. The highest BCUT2D eigenvalue weighted by Crippen LogP contribution is 2.15. The van der Waals surface area contributed by atoms with Crippen molar-refractivity contribution in [1.29, 1.82) is 0 Å². The van der Waals surface area contributed by atoms with E-state index in [9.17, 15) is 0 Å². The third-order valence-corrected chi connectivity index (χ3v) is 4.12. The Morgan fingerprint density at radius 2 is 2.00 bits per heavy atom. The van der Waals surface area contributed by atoms with Crippen LogP contribution in [0.4, 0.5) is 0 Å². The summed E-state index contributed by atoms with van der Waals surface area (Å²) in [6.07, 6.45) is 6.39.